The third-order valence-corrected chi connectivity index (χ3v) is 5.94. The molecule has 5 heteroatoms. The Hall–Kier alpha value is -2.01. The van der Waals surface area contributed by atoms with Gasteiger partial charge in [-0.3, -0.25) is 9.59 Å². The van der Waals surface area contributed by atoms with Gasteiger partial charge in [0.1, 0.15) is 0 Å². The summed E-state index contributed by atoms with van der Waals surface area (Å²) in [5.74, 6) is 1.05. The number of carbonyl (C=O) groups excluding carboxylic acids is 2. The van der Waals surface area contributed by atoms with E-state index in [1.165, 1.54) is 7.11 Å². The number of ether oxygens (including phenoxy) is 1. The normalized spacial score (nSPS) is 16.1. The van der Waals surface area contributed by atoms with E-state index in [1.807, 2.05) is 41.0 Å². The summed E-state index contributed by atoms with van der Waals surface area (Å²) in [6, 6.07) is 11.5. The lowest BCUT2D eigenvalue weighted by atomic mass is 10.1. The highest BCUT2D eigenvalue weighted by atomic mass is 32.2. The summed E-state index contributed by atoms with van der Waals surface area (Å²) in [5, 5.41) is 0. The van der Waals surface area contributed by atoms with Crippen LogP contribution in [0.4, 0.5) is 0 Å². The highest BCUT2D eigenvalue weighted by Crippen LogP contribution is 2.33. The number of aromatic nitrogens is 1. The first-order chi connectivity index (χ1) is 12.0. The SMILES string of the molecule is COC(=O)C1CCn2c(C(=O)c3ccccc3SCC(C)C)ccc21. The molecule has 4 nitrogen and oxygen atoms in total. The Balaban J connectivity index is 1.90. The maximum atomic E-state index is 13.1. The predicted molar refractivity (Wildman–Crippen MR) is 99.2 cm³/mol. The van der Waals surface area contributed by atoms with Gasteiger partial charge in [0.2, 0.25) is 5.78 Å². The number of benzene rings is 1. The fourth-order valence-electron chi connectivity index (χ4n) is 3.20. The van der Waals surface area contributed by atoms with Gasteiger partial charge in [-0.1, -0.05) is 26.0 Å². The molecule has 25 heavy (non-hydrogen) atoms. The third-order valence-electron chi connectivity index (χ3n) is 4.44. The van der Waals surface area contributed by atoms with Crippen molar-refractivity contribution < 1.29 is 14.3 Å². The van der Waals surface area contributed by atoms with Crippen LogP contribution in [-0.2, 0) is 16.1 Å². The quantitative estimate of drug-likeness (QED) is 0.443. The molecule has 1 aliphatic heterocycles. The summed E-state index contributed by atoms with van der Waals surface area (Å²) >= 11 is 1.72. The molecule has 0 N–H and O–H groups in total. The fourth-order valence-corrected chi connectivity index (χ4v) is 4.20. The van der Waals surface area contributed by atoms with Crippen molar-refractivity contribution in [3.05, 3.63) is 53.3 Å². The number of hydrogen-bond acceptors (Lipinski definition) is 4. The third kappa shape index (κ3) is 3.52. The molecule has 0 fully saturated rings. The molecule has 0 saturated heterocycles. The van der Waals surface area contributed by atoms with Crippen molar-refractivity contribution >= 4 is 23.5 Å². The second kappa shape index (κ2) is 7.48. The van der Waals surface area contributed by atoms with Gasteiger partial charge in [-0.05, 0) is 36.6 Å². The Morgan fingerprint density at radius 1 is 1.24 bits per heavy atom. The number of nitrogens with zero attached hydrogens (tertiary/aromatic N) is 1. The van der Waals surface area contributed by atoms with Crippen LogP contribution < -0.4 is 0 Å². The van der Waals surface area contributed by atoms with Crippen LogP contribution in [0.3, 0.4) is 0 Å². The van der Waals surface area contributed by atoms with Gasteiger partial charge in [-0.2, -0.15) is 0 Å². The van der Waals surface area contributed by atoms with Crippen molar-refractivity contribution in [1.82, 2.24) is 4.57 Å². The molecule has 0 aliphatic carbocycles. The lowest BCUT2D eigenvalue weighted by Crippen LogP contribution is -2.12. The molecule has 0 bridgehead atoms. The van der Waals surface area contributed by atoms with Crippen molar-refractivity contribution in [2.45, 2.75) is 37.6 Å². The van der Waals surface area contributed by atoms with Gasteiger partial charge in [-0.25, -0.2) is 0 Å². The maximum Gasteiger partial charge on any atom is 0.314 e. The van der Waals surface area contributed by atoms with E-state index in [1.54, 1.807) is 11.8 Å². The Bertz CT molecular complexity index is 794. The Morgan fingerprint density at radius 3 is 2.72 bits per heavy atom. The van der Waals surface area contributed by atoms with Gasteiger partial charge in [0.05, 0.1) is 18.7 Å². The molecular formula is C20H23NO3S. The first kappa shape index (κ1) is 17.8. The minimum absolute atomic E-state index is 0.0172. The monoisotopic (exact) mass is 357 g/mol. The first-order valence-electron chi connectivity index (χ1n) is 8.56. The number of carbonyl (C=O) groups is 2. The highest BCUT2D eigenvalue weighted by Gasteiger charge is 2.32. The molecule has 0 amide bonds. The lowest BCUT2D eigenvalue weighted by molar-refractivity contribution is -0.142. The van der Waals surface area contributed by atoms with E-state index in [0.29, 0.717) is 24.6 Å². The van der Waals surface area contributed by atoms with Crippen LogP contribution in [0.15, 0.2) is 41.3 Å². The zero-order valence-electron chi connectivity index (χ0n) is 14.8. The van der Waals surface area contributed by atoms with E-state index < -0.39 is 0 Å². The van der Waals surface area contributed by atoms with Crippen molar-refractivity contribution in [1.29, 1.82) is 0 Å². The molecular weight excluding hydrogens is 334 g/mol. The maximum absolute atomic E-state index is 13.1. The smallest absolute Gasteiger partial charge is 0.314 e. The molecule has 2 heterocycles. The van der Waals surface area contributed by atoms with Crippen LogP contribution in [-0.4, -0.2) is 29.2 Å². The summed E-state index contributed by atoms with van der Waals surface area (Å²) in [7, 11) is 1.40. The minimum Gasteiger partial charge on any atom is -0.469 e. The number of rotatable bonds is 6. The fraction of sp³-hybridized carbons (Fsp3) is 0.400. The number of methoxy groups -OCH3 is 1. The molecule has 1 unspecified atom stereocenters. The van der Waals surface area contributed by atoms with Gasteiger partial charge in [-0.15, -0.1) is 11.8 Å². The van der Waals surface area contributed by atoms with Crippen LogP contribution in [0.2, 0.25) is 0 Å². The van der Waals surface area contributed by atoms with Crippen molar-refractivity contribution in [2.24, 2.45) is 5.92 Å². The van der Waals surface area contributed by atoms with Crippen LogP contribution in [0.1, 0.15) is 47.9 Å². The molecule has 3 rings (SSSR count). The number of fused-ring (bicyclic) bond motifs is 1. The minimum atomic E-state index is -0.267. The van der Waals surface area contributed by atoms with Crippen LogP contribution in [0.5, 0.6) is 0 Å². The predicted octanol–water partition coefficient (Wildman–Crippen LogP) is 4.13. The van der Waals surface area contributed by atoms with E-state index >= 15 is 0 Å². The van der Waals surface area contributed by atoms with Crippen molar-refractivity contribution in [3.63, 3.8) is 0 Å². The number of ketones is 1. The second-order valence-electron chi connectivity index (χ2n) is 6.69. The molecule has 2 aromatic rings. The number of hydrogen-bond donors (Lipinski definition) is 0. The lowest BCUT2D eigenvalue weighted by Gasteiger charge is -2.11. The first-order valence-corrected chi connectivity index (χ1v) is 9.55. The van der Waals surface area contributed by atoms with E-state index in [0.717, 1.165) is 21.9 Å². The molecule has 1 aromatic carbocycles. The molecule has 0 saturated carbocycles. The van der Waals surface area contributed by atoms with Gasteiger partial charge in [0.15, 0.2) is 0 Å². The van der Waals surface area contributed by atoms with Gasteiger partial charge in [0.25, 0.3) is 0 Å². The van der Waals surface area contributed by atoms with Crippen LogP contribution in [0.25, 0.3) is 0 Å². The van der Waals surface area contributed by atoms with Gasteiger partial charge in [0, 0.05) is 28.5 Å². The Labute approximate surface area is 152 Å². The molecule has 1 aliphatic rings. The number of esters is 1. The van der Waals surface area contributed by atoms with Crippen LogP contribution in [0, 0.1) is 5.92 Å². The van der Waals surface area contributed by atoms with E-state index in [2.05, 4.69) is 13.8 Å². The molecule has 0 spiro atoms. The summed E-state index contributed by atoms with van der Waals surface area (Å²) in [6.45, 7) is 5.01. The molecule has 0 radical (unpaired) electrons. The molecule has 1 atom stereocenters. The Morgan fingerprint density at radius 2 is 2.00 bits per heavy atom. The van der Waals surface area contributed by atoms with E-state index in [9.17, 15) is 9.59 Å². The zero-order chi connectivity index (χ0) is 18.0. The Kier molecular flexibility index (Phi) is 5.33. The van der Waals surface area contributed by atoms with Gasteiger partial charge < -0.3 is 9.30 Å². The largest absolute Gasteiger partial charge is 0.469 e. The summed E-state index contributed by atoms with van der Waals surface area (Å²) in [4.78, 5) is 26.0. The van der Waals surface area contributed by atoms with Gasteiger partial charge >= 0.3 is 5.97 Å². The van der Waals surface area contributed by atoms with Crippen LogP contribution >= 0.6 is 11.8 Å². The summed E-state index contributed by atoms with van der Waals surface area (Å²) in [5.41, 5.74) is 2.26. The molecule has 132 valence electrons. The molecule has 1 aromatic heterocycles. The zero-order valence-corrected chi connectivity index (χ0v) is 15.6. The number of thioether (sulfide) groups is 1. The second-order valence-corrected chi connectivity index (χ2v) is 7.75. The standard InChI is InChI=1S/C20H23NO3S/c1-13(2)12-25-18-7-5-4-6-15(18)19(22)17-9-8-16-14(20(23)24-3)10-11-21(16)17/h4-9,13-14H,10-12H2,1-3H3. The highest BCUT2D eigenvalue weighted by molar-refractivity contribution is 7.99. The average Bonchev–Trinajstić information content (AvgIpc) is 3.20. The van der Waals surface area contributed by atoms with Crippen molar-refractivity contribution in [3.8, 4) is 0 Å². The van der Waals surface area contributed by atoms with Crippen molar-refractivity contribution in [2.75, 3.05) is 12.9 Å². The summed E-state index contributed by atoms with van der Waals surface area (Å²) in [6.07, 6.45) is 0.687. The van der Waals surface area contributed by atoms with E-state index in [4.69, 9.17) is 4.74 Å². The topological polar surface area (TPSA) is 48.3 Å². The average molecular weight is 357 g/mol. The van der Waals surface area contributed by atoms with E-state index in [-0.39, 0.29) is 17.7 Å². The summed E-state index contributed by atoms with van der Waals surface area (Å²) < 4.78 is 6.84.